The summed E-state index contributed by atoms with van der Waals surface area (Å²) in [6.45, 7) is 0.709. The molecule has 0 atom stereocenters. The smallest absolute Gasteiger partial charge is 0.263 e. The highest BCUT2D eigenvalue weighted by atomic mass is 35.5. The van der Waals surface area contributed by atoms with Gasteiger partial charge >= 0.3 is 0 Å². The van der Waals surface area contributed by atoms with Crippen molar-refractivity contribution in [2.45, 2.75) is 6.42 Å². The third-order valence-electron chi connectivity index (χ3n) is 2.82. The van der Waals surface area contributed by atoms with Crippen molar-refractivity contribution < 1.29 is 9.53 Å². The van der Waals surface area contributed by atoms with Crippen LogP contribution in [-0.2, 0) is 6.42 Å². The van der Waals surface area contributed by atoms with Gasteiger partial charge < -0.3 is 21.1 Å². The second-order valence-corrected chi connectivity index (χ2v) is 6.99. The van der Waals surface area contributed by atoms with Gasteiger partial charge in [0.05, 0.1) is 11.4 Å². The molecule has 8 heteroatoms. The van der Waals surface area contributed by atoms with E-state index in [0.717, 1.165) is 15.8 Å². The first-order valence-electron chi connectivity index (χ1n) is 6.23. The van der Waals surface area contributed by atoms with Gasteiger partial charge in [0.2, 0.25) is 0 Å². The first-order chi connectivity index (χ1) is 10.1. The zero-order chi connectivity index (χ0) is 15.4. The van der Waals surface area contributed by atoms with Gasteiger partial charge in [0.1, 0.15) is 15.6 Å². The van der Waals surface area contributed by atoms with Crippen LogP contribution in [-0.4, -0.2) is 26.6 Å². The van der Waals surface area contributed by atoms with Crippen LogP contribution in [0.3, 0.4) is 0 Å². The van der Waals surface area contributed by atoms with E-state index in [1.54, 1.807) is 18.4 Å². The van der Waals surface area contributed by atoms with E-state index in [1.807, 2.05) is 12.1 Å². The van der Waals surface area contributed by atoms with Crippen LogP contribution in [0.5, 0.6) is 5.75 Å². The van der Waals surface area contributed by atoms with E-state index in [9.17, 15) is 4.79 Å². The zero-order valence-corrected chi connectivity index (χ0v) is 14.0. The molecule has 4 N–H and O–H groups in total. The third kappa shape index (κ3) is 3.61. The summed E-state index contributed by atoms with van der Waals surface area (Å²) in [5, 5.41) is 6.59. The minimum Gasteiger partial charge on any atom is -0.492 e. The fourth-order valence-electron chi connectivity index (χ4n) is 1.82. The summed E-state index contributed by atoms with van der Waals surface area (Å²) in [6.07, 6.45) is 0.841. The lowest BCUT2D eigenvalue weighted by Gasteiger charge is -2.06. The molecule has 0 aliphatic heterocycles. The Bertz CT molecular complexity index is 639. The van der Waals surface area contributed by atoms with Gasteiger partial charge in [-0.2, -0.15) is 0 Å². The van der Waals surface area contributed by atoms with E-state index in [0.29, 0.717) is 22.9 Å². The lowest BCUT2D eigenvalue weighted by Crippen LogP contribution is -2.17. The van der Waals surface area contributed by atoms with E-state index in [-0.39, 0.29) is 5.91 Å². The predicted octanol–water partition coefficient (Wildman–Crippen LogP) is 3.07. The van der Waals surface area contributed by atoms with E-state index < -0.39 is 0 Å². The number of ether oxygens (including phenoxy) is 1. The lowest BCUT2D eigenvalue weighted by molar-refractivity contribution is 0.0967. The molecule has 0 spiro atoms. The number of rotatable bonds is 6. The summed E-state index contributed by atoms with van der Waals surface area (Å²) in [7, 11) is 3.11. The number of methoxy groups -OCH3 is 1. The number of thiophene rings is 2. The zero-order valence-electron chi connectivity index (χ0n) is 11.7. The van der Waals surface area contributed by atoms with E-state index in [4.69, 9.17) is 22.1 Å². The Labute approximate surface area is 136 Å². The molecule has 5 nitrogen and oxygen atoms in total. The van der Waals surface area contributed by atoms with Crippen LogP contribution in [0.15, 0.2) is 12.1 Å². The van der Waals surface area contributed by atoms with Crippen LogP contribution in [0.2, 0.25) is 4.34 Å². The molecule has 0 bridgehead atoms. The minimum absolute atomic E-state index is 0.214. The summed E-state index contributed by atoms with van der Waals surface area (Å²) < 4.78 is 6.07. The Kier molecular flexibility index (Phi) is 5.33. The quantitative estimate of drug-likeness (QED) is 0.752. The maximum Gasteiger partial charge on any atom is 0.263 e. The number of halogens is 1. The average molecular weight is 346 g/mol. The molecule has 114 valence electrons. The van der Waals surface area contributed by atoms with Crippen molar-refractivity contribution in [3.63, 3.8) is 0 Å². The average Bonchev–Trinajstić information content (AvgIpc) is 3.02. The van der Waals surface area contributed by atoms with Gasteiger partial charge in [-0.25, -0.2) is 0 Å². The third-order valence-corrected chi connectivity index (χ3v) is 5.26. The lowest BCUT2D eigenvalue weighted by atomic mass is 10.3. The second kappa shape index (κ2) is 7.02. The molecule has 1 amide bonds. The Morgan fingerprint density at radius 3 is 2.76 bits per heavy atom. The molecule has 0 radical (unpaired) electrons. The molecule has 0 unspecified atom stereocenters. The Balaban J connectivity index is 2.07. The van der Waals surface area contributed by atoms with Crippen molar-refractivity contribution >= 4 is 50.9 Å². The highest BCUT2D eigenvalue weighted by Gasteiger charge is 2.20. The molecule has 2 heterocycles. The van der Waals surface area contributed by atoms with Crippen molar-refractivity contribution in [1.29, 1.82) is 0 Å². The standard InChI is InChI=1S/C13H16ClN3O2S2/c1-16-12(18)11-9(15)10(19-2)13(21-11)17-6-5-7-3-4-8(14)20-7/h3-4,17H,5-6,15H2,1-2H3,(H,16,18). The number of hydrogen-bond donors (Lipinski definition) is 3. The maximum absolute atomic E-state index is 11.7. The van der Waals surface area contributed by atoms with Gasteiger partial charge in [-0.15, -0.1) is 22.7 Å². The second-order valence-electron chi connectivity index (χ2n) is 4.17. The van der Waals surface area contributed by atoms with E-state index >= 15 is 0 Å². The molecular weight excluding hydrogens is 330 g/mol. The van der Waals surface area contributed by atoms with Gasteiger partial charge in [-0.05, 0) is 18.6 Å². The fourth-order valence-corrected chi connectivity index (χ4v) is 3.96. The van der Waals surface area contributed by atoms with Crippen LogP contribution in [0.25, 0.3) is 0 Å². The number of nitrogen functional groups attached to an aromatic ring is 1. The van der Waals surface area contributed by atoms with E-state index in [2.05, 4.69) is 10.6 Å². The Morgan fingerprint density at radius 2 is 2.19 bits per heavy atom. The van der Waals surface area contributed by atoms with Gasteiger partial charge in [-0.3, -0.25) is 4.79 Å². The highest BCUT2D eigenvalue weighted by molar-refractivity contribution is 7.19. The Hall–Kier alpha value is -1.44. The van der Waals surface area contributed by atoms with Crippen molar-refractivity contribution in [1.82, 2.24) is 5.32 Å². The monoisotopic (exact) mass is 345 g/mol. The normalized spacial score (nSPS) is 10.4. The molecule has 0 fully saturated rings. The SMILES string of the molecule is CNC(=O)c1sc(NCCc2ccc(Cl)s2)c(OC)c1N. The number of nitrogens with one attached hydrogen (secondary N) is 2. The largest absolute Gasteiger partial charge is 0.492 e. The highest BCUT2D eigenvalue weighted by Crippen LogP contribution is 2.42. The molecule has 0 aliphatic rings. The van der Waals surface area contributed by atoms with Crippen molar-refractivity contribution in [2.24, 2.45) is 0 Å². The van der Waals surface area contributed by atoms with Crippen molar-refractivity contribution in [2.75, 3.05) is 31.8 Å². The number of carbonyl (C=O) groups is 1. The molecule has 0 saturated carbocycles. The molecule has 2 aromatic heterocycles. The summed E-state index contributed by atoms with van der Waals surface area (Å²) in [5.41, 5.74) is 6.31. The molecular formula is C13H16ClN3O2S2. The summed E-state index contributed by atoms with van der Waals surface area (Å²) in [6, 6.07) is 3.89. The molecule has 21 heavy (non-hydrogen) atoms. The van der Waals surface area contributed by atoms with E-state index in [1.165, 1.54) is 23.3 Å². The van der Waals surface area contributed by atoms with Crippen LogP contribution in [0, 0.1) is 0 Å². The molecule has 0 aliphatic carbocycles. The summed E-state index contributed by atoms with van der Waals surface area (Å²) in [4.78, 5) is 13.4. The number of anilines is 2. The van der Waals surface area contributed by atoms with Crippen molar-refractivity contribution in [3.05, 3.63) is 26.2 Å². The Morgan fingerprint density at radius 1 is 1.43 bits per heavy atom. The molecule has 0 aromatic carbocycles. The summed E-state index contributed by atoms with van der Waals surface area (Å²) >= 11 is 8.74. The number of hydrogen-bond acceptors (Lipinski definition) is 6. The van der Waals surface area contributed by atoms with Crippen LogP contribution in [0.1, 0.15) is 14.5 Å². The molecule has 2 rings (SSSR count). The molecule has 0 saturated heterocycles. The van der Waals surface area contributed by atoms with Crippen LogP contribution >= 0.6 is 34.3 Å². The first-order valence-corrected chi connectivity index (χ1v) is 8.24. The van der Waals surface area contributed by atoms with Crippen molar-refractivity contribution in [3.8, 4) is 5.75 Å². The fraction of sp³-hybridized carbons (Fsp3) is 0.308. The van der Waals surface area contributed by atoms with Crippen LogP contribution in [0.4, 0.5) is 10.7 Å². The number of carbonyl (C=O) groups excluding carboxylic acids is 1. The van der Waals surface area contributed by atoms with Gasteiger partial charge in [0.25, 0.3) is 5.91 Å². The van der Waals surface area contributed by atoms with Crippen LogP contribution < -0.4 is 21.1 Å². The first kappa shape index (κ1) is 15.9. The van der Waals surface area contributed by atoms with Gasteiger partial charge in [-0.1, -0.05) is 11.6 Å². The molecule has 2 aromatic rings. The predicted molar refractivity (Wildman–Crippen MR) is 90.2 cm³/mol. The van der Waals surface area contributed by atoms with Gasteiger partial charge in [0.15, 0.2) is 5.75 Å². The minimum atomic E-state index is -0.214. The topological polar surface area (TPSA) is 76.4 Å². The summed E-state index contributed by atoms with van der Waals surface area (Å²) in [5.74, 6) is 0.303. The maximum atomic E-state index is 11.7. The number of amides is 1. The van der Waals surface area contributed by atoms with Gasteiger partial charge in [0, 0.05) is 18.5 Å². The number of nitrogens with two attached hydrogens (primary N) is 1.